The predicted molar refractivity (Wildman–Crippen MR) is 94.4 cm³/mol. The van der Waals surface area contributed by atoms with Gasteiger partial charge in [0, 0.05) is 30.0 Å². The number of nitrogens with zero attached hydrogens (tertiary/aromatic N) is 2. The first-order chi connectivity index (χ1) is 12.5. The van der Waals surface area contributed by atoms with E-state index in [0.29, 0.717) is 25.0 Å². The number of rotatable bonds is 5. The summed E-state index contributed by atoms with van der Waals surface area (Å²) in [6.45, 7) is 1.62. The number of aromatic amines is 1. The van der Waals surface area contributed by atoms with E-state index in [4.69, 9.17) is 5.26 Å². The molecule has 7 nitrogen and oxygen atoms in total. The van der Waals surface area contributed by atoms with E-state index in [9.17, 15) is 14.7 Å². The molecule has 0 aromatic carbocycles. The molecule has 3 rings (SSSR count). The monoisotopic (exact) mass is 352 g/mol. The van der Waals surface area contributed by atoms with Gasteiger partial charge in [0.25, 0.3) is 11.5 Å². The van der Waals surface area contributed by atoms with Crippen molar-refractivity contribution < 1.29 is 9.90 Å². The summed E-state index contributed by atoms with van der Waals surface area (Å²) in [6.07, 6.45) is 3.19. The molecule has 0 unspecified atom stereocenters. The lowest BCUT2D eigenvalue weighted by atomic mass is 9.75. The third-order valence-corrected chi connectivity index (χ3v) is 4.79. The first kappa shape index (κ1) is 17.8. The maximum absolute atomic E-state index is 12.7. The summed E-state index contributed by atoms with van der Waals surface area (Å²) in [7, 11) is 0. The summed E-state index contributed by atoms with van der Waals surface area (Å²) in [5.74, 6) is -0.188. The van der Waals surface area contributed by atoms with E-state index >= 15 is 0 Å². The Bertz CT molecular complexity index is 895. The summed E-state index contributed by atoms with van der Waals surface area (Å²) in [5, 5.41) is 21.6. The van der Waals surface area contributed by atoms with Crippen molar-refractivity contribution in [1.29, 1.82) is 5.26 Å². The van der Waals surface area contributed by atoms with E-state index in [1.54, 1.807) is 19.2 Å². The Kier molecular flexibility index (Phi) is 5.14. The highest BCUT2D eigenvalue weighted by molar-refractivity contribution is 5.95. The van der Waals surface area contributed by atoms with Gasteiger partial charge in [0.05, 0.1) is 11.7 Å². The Morgan fingerprint density at radius 1 is 1.50 bits per heavy atom. The van der Waals surface area contributed by atoms with Gasteiger partial charge in [-0.05, 0) is 43.9 Å². The highest BCUT2D eigenvalue weighted by Crippen LogP contribution is 2.31. The Hall–Kier alpha value is -2.98. The molecule has 134 valence electrons. The van der Waals surface area contributed by atoms with E-state index in [2.05, 4.69) is 15.3 Å². The van der Waals surface area contributed by atoms with Gasteiger partial charge in [0.2, 0.25) is 0 Å². The zero-order chi connectivity index (χ0) is 18.7. The van der Waals surface area contributed by atoms with Crippen LogP contribution < -0.4 is 10.9 Å². The Balaban J connectivity index is 1.81. The fourth-order valence-corrected chi connectivity index (χ4v) is 3.23. The van der Waals surface area contributed by atoms with Crippen LogP contribution in [0.5, 0.6) is 0 Å². The minimum absolute atomic E-state index is 0.0962. The van der Waals surface area contributed by atoms with Crippen LogP contribution >= 0.6 is 0 Å². The molecule has 0 spiro atoms. The minimum Gasteiger partial charge on any atom is -0.393 e. The molecule has 1 atom stereocenters. The topological polar surface area (TPSA) is 119 Å². The summed E-state index contributed by atoms with van der Waals surface area (Å²) >= 11 is 0. The van der Waals surface area contributed by atoms with Crippen LogP contribution in [0.15, 0.2) is 35.3 Å². The lowest BCUT2D eigenvalue weighted by Crippen LogP contribution is -2.48. The number of hydrogen-bond acceptors (Lipinski definition) is 5. The predicted octanol–water partition coefficient (Wildman–Crippen LogP) is 1.06. The Morgan fingerprint density at radius 3 is 2.88 bits per heavy atom. The van der Waals surface area contributed by atoms with Gasteiger partial charge in [-0.15, -0.1) is 0 Å². The van der Waals surface area contributed by atoms with Gasteiger partial charge in [-0.3, -0.25) is 14.6 Å². The van der Waals surface area contributed by atoms with Crippen molar-refractivity contribution in [2.45, 2.75) is 38.3 Å². The molecule has 3 N–H and O–H groups in total. The van der Waals surface area contributed by atoms with E-state index in [-0.39, 0.29) is 35.1 Å². The minimum atomic E-state index is -0.506. The molecule has 2 aromatic rings. The molecule has 1 aliphatic carbocycles. The summed E-state index contributed by atoms with van der Waals surface area (Å²) in [4.78, 5) is 31.3. The number of aryl methyl sites for hydroxylation is 1. The third-order valence-electron chi connectivity index (χ3n) is 4.79. The molecule has 0 saturated heterocycles. The van der Waals surface area contributed by atoms with Crippen LogP contribution in [-0.4, -0.2) is 33.1 Å². The zero-order valence-electron chi connectivity index (χ0n) is 14.4. The van der Waals surface area contributed by atoms with Crippen molar-refractivity contribution in [3.8, 4) is 6.07 Å². The van der Waals surface area contributed by atoms with Crippen LogP contribution in [0.3, 0.4) is 0 Å². The second-order valence-corrected chi connectivity index (χ2v) is 6.65. The average Bonchev–Trinajstić information content (AvgIpc) is 2.59. The van der Waals surface area contributed by atoms with E-state index in [1.165, 1.54) is 6.07 Å². The van der Waals surface area contributed by atoms with Gasteiger partial charge in [-0.2, -0.15) is 5.26 Å². The number of aliphatic hydroxyl groups is 1. The standard InChI is InChI=1S/C19H20N4O3/c1-11-16(8-13(10-20)18(25)22-11)19(26)23-17(12-6-15(24)7-12)9-14-4-2-3-5-21-14/h2-5,8,12,15,17,24H,6-7,9H2,1H3,(H,22,25)(H,23,26)/t12?,15?,17-/m0/s1. The molecule has 0 bridgehead atoms. The molecule has 2 heterocycles. The van der Waals surface area contributed by atoms with Crippen LogP contribution in [0.25, 0.3) is 0 Å². The molecule has 7 heteroatoms. The van der Waals surface area contributed by atoms with Gasteiger partial charge in [-0.1, -0.05) is 6.07 Å². The second kappa shape index (κ2) is 7.50. The lowest BCUT2D eigenvalue weighted by Gasteiger charge is -2.38. The van der Waals surface area contributed by atoms with Crippen molar-refractivity contribution in [3.05, 3.63) is 63.3 Å². The van der Waals surface area contributed by atoms with Gasteiger partial charge in [-0.25, -0.2) is 0 Å². The molecule has 1 saturated carbocycles. The van der Waals surface area contributed by atoms with Crippen molar-refractivity contribution in [1.82, 2.24) is 15.3 Å². The number of pyridine rings is 2. The second-order valence-electron chi connectivity index (χ2n) is 6.65. The number of aliphatic hydroxyl groups excluding tert-OH is 1. The van der Waals surface area contributed by atoms with Crippen molar-refractivity contribution in [2.24, 2.45) is 5.92 Å². The highest BCUT2D eigenvalue weighted by atomic mass is 16.3. The maximum Gasteiger partial charge on any atom is 0.266 e. The maximum atomic E-state index is 12.7. The molecule has 1 amide bonds. The van der Waals surface area contributed by atoms with E-state index in [1.807, 2.05) is 18.2 Å². The van der Waals surface area contributed by atoms with Gasteiger partial charge in [0.1, 0.15) is 11.6 Å². The Labute approximate surface area is 150 Å². The summed E-state index contributed by atoms with van der Waals surface area (Å²) < 4.78 is 0. The molecule has 26 heavy (non-hydrogen) atoms. The van der Waals surface area contributed by atoms with Gasteiger partial charge >= 0.3 is 0 Å². The highest BCUT2D eigenvalue weighted by Gasteiger charge is 2.35. The fraction of sp³-hybridized carbons (Fsp3) is 0.368. The van der Waals surface area contributed by atoms with Crippen LogP contribution in [0.1, 0.15) is 40.2 Å². The fourth-order valence-electron chi connectivity index (χ4n) is 3.23. The average molecular weight is 352 g/mol. The third kappa shape index (κ3) is 3.81. The van der Waals surface area contributed by atoms with Gasteiger partial charge < -0.3 is 15.4 Å². The smallest absolute Gasteiger partial charge is 0.266 e. The summed E-state index contributed by atoms with van der Waals surface area (Å²) in [6, 6.07) is 8.55. The number of nitrogens with one attached hydrogen (secondary N) is 2. The summed E-state index contributed by atoms with van der Waals surface area (Å²) in [5.41, 5.74) is 0.939. The van der Waals surface area contributed by atoms with Crippen molar-refractivity contribution in [2.75, 3.05) is 0 Å². The van der Waals surface area contributed by atoms with Gasteiger partial charge in [0.15, 0.2) is 0 Å². The zero-order valence-corrected chi connectivity index (χ0v) is 14.4. The van der Waals surface area contributed by atoms with E-state index < -0.39 is 5.56 Å². The van der Waals surface area contributed by atoms with Crippen LogP contribution in [-0.2, 0) is 6.42 Å². The number of hydrogen-bond donors (Lipinski definition) is 3. The van der Waals surface area contributed by atoms with Crippen molar-refractivity contribution in [3.63, 3.8) is 0 Å². The van der Waals surface area contributed by atoms with Crippen LogP contribution in [0.2, 0.25) is 0 Å². The van der Waals surface area contributed by atoms with Crippen LogP contribution in [0.4, 0.5) is 0 Å². The van der Waals surface area contributed by atoms with Crippen molar-refractivity contribution >= 4 is 5.91 Å². The number of amides is 1. The number of carbonyl (C=O) groups excluding carboxylic acids is 1. The normalized spacial score (nSPS) is 19.9. The molecule has 0 radical (unpaired) electrons. The number of carbonyl (C=O) groups is 1. The number of H-pyrrole nitrogens is 1. The van der Waals surface area contributed by atoms with Crippen LogP contribution in [0, 0.1) is 24.2 Å². The number of nitriles is 1. The lowest BCUT2D eigenvalue weighted by molar-refractivity contribution is 0.0237. The molecular formula is C19H20N4O3. The molecule has 2 aromatic heterocycles. The SMILES string of the molecule is Cc1[nH]c(=O)c(C#N)cc1C(=O)N[C@@H](Cc1ccccn1)C1CC(O)C1. The quantitative estimate of drug-likeness (QED) is 0.743. The first-order valence-electron chi connectivity index (χ1n) is 8.50. The molecular weight excluding hydrogens is 332 g/mol. The number of aromatic nitrogens is 2. The molecule has 1 aliphatic rings. The molecule has 0 aliphatic heterocycles. The van der Waals surface area contributed by atoms with E-state index in [0.717, 1.165) is 5.69 Å². The largest absolute Gasteiger partial charge is 0.393 e. The molecule has 1 fully saturated rings. The first-order valence-corrected chi connectivity index (χ1v) is 8.50. The Morgan fingerprint density at radius 2 is 2.27 bits per heavy atom.